The Labute approximate surface area is 164 Å². The van der Waals surface area contributed by atoms with Gasteiger partial charge in [0.2, 0.25) is 0 Å². The van der Waals surface area contributed by atoms with Crippen molar-refractivity contribution >= 4 is 5.96 Å². The molecule has 0 aliphatic carbocycles. The van der Waals surface area contributed by atoms with Crippen LogP contribution >= 0.6 is 0 Å². The zero-order chi connectivity index (χ0) is 19.7. The van der Waals surface area contributed by atoms with Crippen molar-refractivity contribution in [3.05, 3.63) is 29.3 Å². The summed E-state index contributed by atoms with van der Waals surface area (Å²) in [5.41, 5.74) is 2.52. The minimum atomic E-state index is -0.0118. The number of rotatable bonds is 8. The quantitative estimate of drug-likeness (QED) is 0.538. The molecule has 0 atom stereocenters. The van der Waals surface area contributed by atoms with Crippen molar-refractivity contribution in [2.75, 3.05) is 40.5 Å². The predicted molar refractivity (Wildman–Crippen MR) is 113 cm³/mol. The Morgan fingerprint density at radius 3 is 2.52 bits per heavy atom. The summed E-state index contributed by atoms with van der Waals surface area (Å²) in [5, 5.41) is 7.08. The molecule has 0 unspecified atom stereocenters. The summed E-state index contributed by atoms with van der Waals surface area (Å²) in [4.78, 5) is 4.43. The highest BCUT2D eigenvalue weighted by atomic mass is 16.5. The average molecular weight is 376 g/mol. The van der Waals surface area contributed by atoms with Gasteiger partial charge in [-0.1, -0.05) is 44.4 Å². The van der Waals surface area contributed by atoms with E-state index >= 15 is 0 Å². The lowest BCUT2D eigenvalue weighted by Crippen LogP contribution is -2.48. The second-order valence-electron chi connectivity index (χ2n) is 7.59. The molecule has 27 heavy (non-hydrogen) atoms. The maximum atomic E-state index is 5.71. The molecule has 1 aromatic rings. The molecule has 5 nitrogen and oxygen atoms in total. The van der Waals surface area contributed by atoms with Crippen LogP contribution < -0.4 is 15.4 Å². The molecule has 0 aromatic heterocycles. The van der Waals surface area contributed by atoms with Crippen LogP contribution in [0, 0.1) is 12.8 Å². The van der Waals surface area contributed by atoms with E-state index in [4.69, 9.17) is 9.47 Å². The maximum absolute atomic E-state index is 5.71. The summed E-state index contributed by atoms with van der Waals surface area (Å²) in [6, 6.07) is 6.47. The molecule has 0 bridgehead atoms. The molecule has 0 spiro atoms. The fourth-order valence-electron chi connectivity index (χ4n) is 3.83. The minimum Gasteiger partial charge on any atom is -0.496 e. The molecule has 152 valence electrons. The number of nitrogens with zero attached hydrogens (tertiary/aromatic N) is 1. The summed E-state index contributed by atoms with van der Waals surface area (Å²) in [6.07, 6.45) is 4.32. The van der Waals surface area contributed by atoms with Crippen molar-refractivity contribution in [1.82, 2.24) is 10.6 Å². The van der Waals surface area contributed by atoms with Crippen molar-refractivity contribution in [3.63, 3.8) is 0 Å². The van der Waals surface area contributed by atoms with Crippen molar-refractivity contribution < 1.29 is 9.47 Å². The lowest BCUT2D eigenvalue weighted by atomic mass is 9.73. The third kappa shape index (κ3) is 5.61. The normalized spacial score (nSPS) is 17.0. The van der Waals surface area contributed by atoms with E-state index < -0.39 is 0 Å². The predicted octanol–water partition coefficient (Wildman–Crippen LogP) is 3.65. The first-order valence-electron chi connectivity index (χ1n) is 10.3. The van der Waals surface area contributed by atoms with Gasteiger partial charge in [0.05, 0.1) is 7.11 Å². The third-order valence-corrected chi connectivity index (χ3v) is 5.91. The number of ether oxygens (including phenoxy) is 2. The summed E-state index contributed by atoms with van der Waals surface area (Å²) in [5.74, 6) is 2.51. The standard InChI is InChI=1S/C22H37N3O2/c1-6-18(7-2)15-24-21(23-4)25-16-22(10-12-27-13-11-22)19-14-17(3)8-9-20(19)26-5/h8-9,14,18H,6-7,10-13,15-16H2,1-5H3,(H2,23,24,25). The van der Waals surface area contributed by atoms with Crippen LogP contribution in [0.2, 0.25) is 0 Å². The SMILES string of the molecule is CCC(CC)CNC(=NC)NCC1(c2cc(C)ccc2OC)CCOCC1. The number of nitrogens with one attached hydrogen (secondary N) is 2. The van der Waals surface area contributed by atoms with Crippen molar-refractivity contribution in [1.29, 1.82) is 0 Å². The van der Waals surface area contributed by atoms with Gasteiger partial charge in [0, 0.05) is 44.3 Å². The first kappa shape index (κ1) is 21.5. The zero-order valence-corrected chi connectivity index (χ0v) is 17.7. The molecule has 0 radical (unpaired) electrons. The van der Waals surface area contributed by atoms with E-state index in [1.807, 2.05) is 7.05 Å². The zero-order valence-electron chi connectivity index (χ0n) is 17.7. The maximum Gasteiger partial charge on any atom is 0.191 e. The number of hydrogen-bond donors (Lipinski definition) is 2. The Bertz CT molecular complexity index is 606. The van der Waals surface area contributed by atoms with E-state index in [1.165, 1.54) is 24.0 Å². The fourth-order valence-corrected chi connectivity index (χ4v) is 3.83. The summed E-state index contributed by atoms with van der Waals surface area (Å²) in [6.45, 7) is 9.95. The molecule has 1 saturated heterocycles. The third-order valence-electron chi connectivity index (χ3n) is 5.91. The van der Waals surface area contributed by atoms with Crippen molar-refractivity contribution in [2.24, 2.45) is 10.9 Å². The number of benzene rings is 1. The smallest absolute Gasteiger partial charge is 0.191 e. The number of hydrogen-bond acceptors (Lipinski definition) is 3. The molecular formula is C22H37N3O2. The molecule has 0 saturated carbocycles. The van der Waals surface area contributed by atoms with Crippen LogP contribution in [0.4, 0.5) is 0 Å². The van der Waals surface area contributed by atoms with Crippen LogP contribution in [0.15, 0.2) is 23.2 Å². The topological polar surface area (TPSA) is 54.9 Å². The average Bonchev–Trinajstić information content (AvgIpc) is 2.71. The van der Waals surface area contributed by atoms with E-state index in [9.17, 15) is 0 Å². The number of guanidine groups is 1. The molecule has 1 aliphatic rings. The van der Waals surface area contributed by atoms with Gasteiger partial charge in [-0.2, -0.15) is 0 Å². The van der Waals surface area contributed by atoms with E-state index in [0.717, 1.165) is 50.9 Å². The Morgan fingerprint density at radius 1 is 1.22 bits per heavy atom. The molecule has 5 heteroatoms. The first-order chi connectivity index (χ1) is 13.1. The lowest BCUT2D eigenvalue weighted by molar-refractivity contribution is 0.0505. The largest absolute Gasteiger partial charge is 0.496 e. The number of methoxy groups -OCH3 is 1. The minimum absolute atomic E-state index is 0.0118. The molecule has 0 amide bonds. The van der Waals surface area contributed by atoms with Crippen molar-refractivity contribution in [3.8, 4) is 5.75 Å². The summed E-state index contributed by atoms with van der Waals surface area (Å²) in [7, 11) is 3.59. The number of aryl methyl sites for hydroxylation is 1. The van der Waals surface area contributed by atoms with Gasteiger partial charge in [0.1, 0.15) is 5.75 Å². The van der Waals surface area contributed by atoms with Crippen LogP contribution in [-0.4, -0.2) is 46.4 Å². The van der Waals surface area contributed by atoms with Gasteiger partial charge >= 0.3 is 0 Å². The van der Waals surface area contributed by atoms with Gasteiger partial charge in [-0.25, -0.2) is 0 Å². The molecule has 1 aromatic carbocycles. The van der Waals surface area contributed by atoms with Gasteiger partial charge in [-0.3, -0.25) is 4.99 Å². The lowest BCUT2D eigenvalue weighted by Gasteiger charge is -2.39. The van der Waals surface area contributed by atoms with Crippen LogP contribution in [0.3, 0.4) is 0 Å². The van der Waals surface area contributed by atoms with Gasteiger partial charge in [-0.05, 0) is 31.7 Å². The second-order valence-corrected chi connectivity index (χ2v) is 7.59. The Kier molecular flexibility index (Phi) is 8.42. The van der Waals surface area contributed by atoms with Crippen molar-refractivity contribution in [2.45, 2.75) is 51.9 Å². The Balaban J connectivity index is 2.16. The molecule has 1 heterocycles. The van der Waals surface area contributed by atoms with Gasteiger partial charge in [-0.15, -0.1) is 0 Å². The van der Waals surface area contributed by atoms with Crippen LogP contribution in [-0.2, 0) is 10.2 Å². The second kappa shape index (κ2) is 10.5. The highest BCUT2D eigenvalue weighted by molar-refractivity contribution is 5.79. The summed E-state index contributed by atoms with van der Waals surface area (Å²) < 4.78 is 11.4. The van der Waals surface area contributed by atoms with Gasteiger partial charge in [0.15, 0.2) is 5.96 Å². The summed E-state index contributed by atoms with van der Waals surface area (Å²) >= 11 is 0. The van der Waals surface area contributed by atoms with Gasteiger partial charge in [0.25, 0.3) is 0 Å². The molecule has 2 rings (SSSR count). The number of aliphatic imine (C=N–C) groups is 1. The molecule has 2 N–H and O–H groups in total. The highest BCUT2D eigenvalue weighted by Gasteiger charge is 2.37. The Morgan fingerprint density at radius 2 is 1.93 bits per heavy atom. The van der Waals surface area contributed by atoms with Crippen LogP contribution in [0.25, 0.3) is 0 Å². The van der Waals surface area contributed by atoms with E-state index in [1.54, 1.807) is 7.11 Å². The molecular weight excluding hydrogens is 338 g/mol. The monoisotopic (exact) mass is 375 g/mol. The van der Waals surface area contributed by atoms with Crippen LogP contribution in [0.5, 0.6) is 5.75 Å². The molecule has 1 fully saturated rings. The highest BCUT2D eigenvalue weighted by Crippen LogP contribution is 2.40. The van der Waals surface area contributed by atoms with Crippen LogP contribution in [0.1, 0.15) is 50.7 Å². The fraction of sp³-hybridized carbons (Fsp3) is 0.682. The Hall–Kier alpha value is -1.75. The molecule has 1 aliphatic heterocycles. The van der Waals surface area contributed by atoms with E-state index in [2.05, 4.69) is 54.6 Å². The van der Waals surface area contributed by atoms with E-state index in [-0.39, 0.29) is 5.41 Å². The van der Waals surface area contributed by atoms with Gasteiger partial charge < -0.3 is 20.1 Å². The first-order valence-corrected chi connectivity index (χ1v) is 10.3. The van der Waals surface area contributed by atoms with E-state index in [0.29, 0.717) is 5.92 Å².